The van der Waals surface area contributed by atoms with E-state index < -0.39 is 11.8 Å². The van der Waals surface area contributed by atoms with Gasteiger partial charge in [-0.3, -0.25) is 0 Å². The van der Waals surface area contributed by atoms with Gasteiger partial charge in [0.25, 0.3) is 0 Å². The van der Waals surface area contributed by atoms with Gasteiger partial charge in [-0.2, -0.15) is 4.73 Å². The Balaban J connectivity index is 2.71. The van der Waals surface area contributed by atoms with E-state index in [9.17, 15) is 14.4 Å². The van der Waals surface area contributed by atoms with E-state index in [2.05, 4.69) is 0 Å². The number of rotatable bonds is 2. The van der Waals surface area contributed by atoms with Crippen molar-refractivity contribution in [1.29, 1.82) is 0 Å². The summed E-state index contributed by atoms with van der Waals surface area (Å²) in [6.07, 6.45) is 0. The molecule has 2 aromatic rings. The summed E-state index contributed by atoms with van der Waals surface area (Å²) in [6, 6.07) is 3.87. The number of aromatic nitrogens is 1. The van der Waals surface area contributed by atoms with E-state index in [-0.39, 0.29) is 17.7 Å². The molecule has 0 saturated carbocycles. The summed E-state index contributed by atoms with van der Waals surface area (Å²) in [5.74, 6) is -0.991. The Morgan fingerprint density at radius 3 is 2.88 bits per heavy atom. The van der Waals surface area contributed by atoms with Crippen molar-refractivity contribution in [3.05, 3.63) is 35.3 Å². The normalized spacial score (nSPS) is 10.8. The van der Waals surface area contributed by atoms with Crippen LogP contribution in [0.5, 0.6) is 0 Å². The average Bonchev–Trinajstić information content (AvgIpc) is 2.53. The fourth-order valence-electron chi connectivity index (χ4n) is 1.83. The Labute approximate surface area is 97.2 Å². The number of fused-ring (bicyclic) bond motifs is 1. The molecule has 0 fully saturated rings. The number of ether oxygens (including phenoxy) is 1. The number of carbonyl (C=O) groups is 1. The van der Waals surface area contributed by atoms with Gasteiger partial charge in [0.05, 0.1) is 23.4 Å². The maximum Gasteiger partial charge on any atom is 0.340 e. The van der Waals surface area contributed by atoms with E-state index >= 15 is 0 Å². The van der Waals surface area contributed by atoms with Gasteiger partial charge in [-0.05, 0) is 26.0 Å². The number of benzene rings is 1. The third kappa shape index (κ3) is 1.73. The van der Waals surface area contributed by atoms with Crippen LogP contribution in [0.2, 0.25) is 0 Å². The minimum atomic E-state index is -0.519. The fraction of sp³-hybridized carbons (Fsp3) is 0.250. The Morgan fingerprint density at radius 2 is 2.24 bits per heavy atom. The summed E-state index contributed by atoms with van der Waals surface area (Å²) in [5.41, 5.74) is 0.860. The van der Waals surface area contributed by atoms with Gasteiger partial charge in [-0.15, -0.1) is 0 Å². The highest BCUT2D eigenvalue weighted by molar-refractivity contribution is 6.05. The lowest BCUT2D eigenvalue weighted by molar-refractivity contribution is 0.0525. The highest BCUT2D eigenvalue weighted by Crippen LogP contribution is 2.26. The van der Waals surface area contributed by atoms with Crippen LogP contribution in [0.25, 0.3) is 10.9 Å². The molecular weight excluding hydrogens is 225 g/mol. The van der Waals surface area contributed by atoms with Gasteiger partial charge in [0, 0.05) is 11.5 Å². The number of hydrogen-bond donors (Lipinski definition) is 1. The highest BCUT2D eigenvalue weighted by atomic mass is 19.1. The maximum atomic E-state index is 13.1. The lowest BCUT2D eigenvalue weighted by Crippen LogP contribution is -2.06. The third-order valence-corrected chi connectivity index (χ3v) is 2.62. The van der Waals surface area contributed by atoms with E-state index in [1.165, 1.54) is 18.2 Å². The molecule has 2 rings (SSSR count). The van der Waals surface area contributed by atoms with Crippen molar-refractivity contribution in [3.8, 4) is 0 Å². The summed E-state index contributed by atoms with van der Waals surface area (Å²) in [4.78, 5) is 11.7. The van der Waals surface area contributed by atoms with Crippen molar-refractivity contribution in [2.45, 2.75) is 13.8 Å². The first-order valence-corrected chi connectivity index (χ1v) is 5.23. The Bertz CT molecular complexity index is 589. The minimum Gasteiger partial charge on any atom is -0.462 e. The molecule has 1 aromatic carbocycles. The molecule has 1 heterocycles. The van der Waals surface area contributed by atoms with Gasteiger partial charge < -0.3 is 9.94 Å². The third-order valence-electron chi connectivity index (χ3n) is 2.62. The van der Waals surface area contributed by atoms with E-state index in [1.807, 2.05) is 0 Å². The maximum absolute atomic E-state index is 13.1. The number of halogens is 1. The molecule has 1 aromatic heterocycles. The smallest absolute Gasteiger partial charge is 0.340 e. The monoisotopic (exact) mass is 237 g/mol. The Kier molecular flexibility index (Phi) is 2.75. The summed E-state index contributed by atoms with van der Waals surface area (Å²) < 4.78 is 18.8. The summed E-state index contributed by atoms with van der Waals surface area (Å²) in [7, 11) is 0. The number of hydrogen-bond acceptors (Lipinski definition) is 3. The molecule has 0 aliphatic carbocycles. The predicted molar refractivity (Wildman–Crippen MR) is 59.8 cm³/mol. The molecule has 1 N–H and O–H groups in total. The zero-order chi connectivity index (χ0) is 12.6. The second-order valence-corrected chi connectivity index (χ2v) is 3.65. The molecule has 0 amide bonds. The molecule has 0 saturated heterocycles. The first-order valence-electron chi connectivity index (χ1n) is 5.23. The van der Waals surface area contributed by atoms with Crippen LogP contribution in [0.1, 0.15) is 23.0 Å². The molecule has 0 radical (unpaired) electrons. The topological polar surface area (TPSA) is 51.5 Å². The van der Waals surface area contributed by atoms with Gasteiger partial charge in [-0.25, -0.2) is 9.18 Å². The summed E-state index contributed by atoms with van der Waals surface area (Å²) >= 11 is 0. The highest BCUT2D eigenvalue weighted by Gasteiger charge is 2.21. The molecular formula is C12H12FNO3. The number of esters is 1. The second-order valence-electron chi connectivity index (χ2n) is 3.65. The largest absolute Gasteiger partial charge is 0.462 e. The van der Waals surface area contributed by atoms with Crippen LogP contribution in [0.3, 0.4) is 0 Å². The Hall–Kier alpha value is -2.04. The summed E-state index contributed by atoms with van der Waals surface area (Å²) in [5, 5.41) is 10.2. The van der Waals surface area contributed by atoms with Crippen molar-refractivity contribution in [2.75, 3.05) is 6.61 Å². The molecule has 90 valence electrons. The number of carbonyl (C=O) groups excluding carboxylic acids is 1. The second kappa shape index (κ2) is 4.08. The fourth-order valence-corrected chi connectivity index (χ4v) is 1.83. The van der Waals surface area contributed by atoms with Gasteiger partial charge in [0.2, 0.25) is 0 Å². The minimum absolute atomic E-state index is 0.248. The average molecular weight is 237 g/mol. The summed E-state index contributed by atoms with van der Waals surface area (Å²) in [6.45, 7) is 3.52. The van der Waals surface area contributed by atoms with Gasteiger partial charge in [-0.1, -0.05) is 0 Å². The Morgan fingerprint density at radius 1 is 1.53 bits per heavy atom. The standard InChI is InChI=1S/C12H12FNO3/c1-3-17-12(15)11-7(2)14(16)10-6-8(13)4-5-9(10)11/h4-6,16H,3H2,1-2H3. The van der Waals surface area contributed by atoms with Crippen molar-refractivity contribution in [3.63, 3.8) is 0 Å². The molecule has 0 aliphatic heterocycles. The quantitative estimate of drug-likeness (QED) is 0.645. The van der Waals surface area contributed by atoms with E-state index in [0.717, 1.165) is 4.73 Å². The zero-order valence-electron chi connectivity index (χ0n) is 9.53. The molecule has 0 bridgehead atoms. The van der Waals surface area contributed by atoms with Crippen LogP contribution in [-0.4, -0.2) is 22.5 Å². The van der Waals surface area contributed by atoms with Crippen molar-refractivity contribution < 1.29 is 19.1 Å². The first kappa shape index (κ1) is 11.4. The molecule has 4 nitrogen and oxygen atoms in total. The number of nitrogens with zero attached hydrogens (tertiary/aromatic N) is 1. The van der Waals surface area contributed by atoms with Crippen molar-refractivity contribution >= 4 is 16.9 Å². The van der Waals surface area contributed by atoms with Crippen LogP contribution in [0, 0.1) is 12.7 Å². The first-order chi connectivity index (χ1) is 8.06. The lowest BCUT2D eigenvalue weighted by atomic mass is 10.1. The van der Waals surface area contributed by atoms with Gasteiger partial charge in [0.15, 0.2) is 0 Å². The van der Waals surface area contributed by atoms with Gasteiger partial charge >= 0.3 is 5.97 Å². The van der Waals surface area contributed by atoms with Gasteiger partial charge in [0.1, 0.15) is 5.82 Å². The molecule has 5 heteroatoms. The van der Waals surface area contributed by atoms with Crippen molar-refractivity contribution in [2.24, 2.45) is 0 Å². The molecule has 0 unspecified atom stereocenters. The van der Waals surface area contributed by atoms with Crippen LogP contribution >= 0.6 is 0 Å². The predicted octanol–water partition coefficient (Wildman–Crippen LogP) is 2.50. The molecule has 0 atom stereocenters. The SMILES string of the molecule is CCOC(=O)c1c(C)n(O)c2cc(F)ccc12. The van der Waals surface area contributed by atoms with E-state index in [0.29, 0.717) is 11.1 Å². The molecule has 17 heavy (non-hydrogen) atoms. The van der Waals surface area contributed by atoms with Crippen LogP contribution < -0.4 is 0 Å². The zero-order valence-corrected chi connectivity index (χ0v) is 9.53. The van der Waals surface area contributed by atoms with E-state index in [4.69, 9.17) is 4.74 Å². The van der Waals surface area contributed by atoms with Crippen LogP contribution in [-0.2, 0) is 4.74 Å². The lowest BCUT2D eigenvalue weighted by Gasteiger charge is -2.01. The van der Waals surface area contributed by atoms with Crippen molar-refractivity contribution in [1.82, 2.24) is 4.73 Å². The van der Waals surface area contributed by atoms with Crippen LogP contribution in [0.4, 0.5) is 4.39 Å². The molecule has 0 aliphatic rings. The molecule has 0 spiro atoms. The van der Waals surface area contributed by atoms with E-state index in [1.54, 1.807) is 13.8 Å². The van der Waals surface area contributed by atoms with Crippen LogP contribution in [0.15, 0.2) is 18.2 Å².